The van der Waals surface area contributed by atoms with Crippen LogP contribution in [0.5, 0.6) is 0 Å². The van der Waals surface area contributed by atoms with Gasteiger partial charge in [0.25, 0.3) is 0 Å². The van der Waals surface area contributed by atoms with Crippen LogP contribution in [0.4, 0.5) is 0 Å². The molecule has 1 aliphatic heterocycles. The topological polar surface area (TPSA) is 40.6 Å². The van der Waals surface area contributed by atoms with E-state index in [0.717, 1.165) is 19.3 Å². The molecule has 100 valence electrons. The first-order chi connectivity index (χ1) is 8.69. The minimum Gasteiger partial charge on any atom is -0.324 e. The first-order valence-electron chi connectivity index (χ1n) is 6.46. The van der Waals surface area contributed by atoms with Gasteiger partial charge in [0.1, 0.15) is 6.42 Å². The molecule has 1 aliphatic rings. The molecule has 0 radical (unpaired) electrons. The molecule has 0 spiro atoms. The van der Waals surface area contributed by atoms with Crippen molar-refractivity contribution in [2.45, 2.75) is 32.6 Å². The van der Waals surface area contributed by atoms with Gasteiger partial charge in [0, 0.05) is 13.1 Å². The molecule has 0 aromatic rings. The van der Waals surface area contributed by atoms with E-state index in [1.165, 1.54) is 0 Å². The Kier molecular flexibility index (Phi) is 6.19. The van der Waals surface area contributed by atoms with Gasteiger partial charge >= 0.3 is 0 Å². The summed E-state index contributed by atoms with van der Waals surface area (Å²) in [6.07, 6.45) is 8.53. The van der Waals surface area contributed by atoms with Gasteiger partial charge in [-0.15, -0.1) is 6.58 Å². The van der Waals surface area contributed by atoms with E-state index >= 15 is 0 Å². The van der Waals surface area contributed by atoms with Crippen molar-refractivity contribution in [1.82, 2.24) is 9.80 Å². The van der Waals surface area contributed by atoms with Gasteiger partial charge in [-0.3, -0.25) is 9.59 Å². The fraction of sp³-hybridized carbons (Fsp3) is 0.571. The molecule has 4 nitrogen and oxygen atoms in total. The van der Waals surface area contributed by atoms with Gasteiger partial charge < -0.3 is 9.80 Å². The van der Waals surface area contributed by atoms with Gasteiger partial charge in [-0.05, 0) is 26.2 Å². The summed E-state index contributed by atoms with van der Waals surface area (Å²) in [5.41, 5.74) is 0. The molecular weight excluding hydrogens is 228 g/mol. The minimum absolute atomic E-state index is 0.0178. The van der Waals surface area contributed by atoms with Crippen LogP contribution in [-0.2, 0) is 9.59 Å². The number of nitrogens with zero attached hydrogens (tertiary/aromatic N) is 2. The van der Waals surface area contributed by atoms with Crippen molar-refractivity contribution in [2.75, 3.05) is 19.8 Å². The summed E-state index contributed by atoms with van der Waals surface area (Å²) in [4.78, 5) is 26.9. The van der Waals surface area contributed by atoms with Crippen molar-refractivity contribution in [2.24, 2.45) is 0 Å². The zero-order chi connectivity index (χ0) is 13.4. The first-order valence-corrected chi connectivity index (χ1v) is 6.46. The monoisotopic (exact) mass is 250 g/mol. The van der Waals surface area contributed by atoms with Crippen LogP contribution in [0, 0.1) is 0 Å². The molecule has 4 heteroatoms. The molecule has 0 N–H and O–H groups in total. The molecule has 0 atom stereocenters. The molecule has 1 heterocycles. The highest BCUT2D eigenvalue weighted by atomic mass is 16.2. The number of hydrogen-bond acceptors (Lipinski definition) is 2. The summed E-state index contributed by atoms with van der Waals surface area (Å²) >= 11 is 0. The lowest BCUT2D eigenvalue weighted by atomic mass is 10.2. The highest BCUT2D eigenvalue weighted by Crippen LogP contribution is 2.11. The van der Waals surface area contributed by atoms with Crippen molar-refractivity contribution in [3.05, 3.63) is 24.8 Å². The fourth-order valence-corrected chi connectivity index (χ4v) is 1.93. The summed E-state index contributed by atoms with van der Waals surface area (Å²) in [6.45, 7) is 7.46. The van der Waals surface area contributed by atoms with E-state index < -0.39 is 0 Å². The Hall–Kier alpha value is -1.58. The Labute approximate surface area is 109 Å². The molecule has 1 fully saturated rings. The van der Waals surface area contributed by atoms with Gasteiger partial charge in [-0.1, -0.05) is 18.2 Å². The molecule has 0 unspecified atom stereocenters. The van der Waals surface area contributed by atoms with Gasteiger partial charge in [0.15, 0.2) is 0 Å². The number of unbranched alkanes of at least 4 members (excludes halogenated alkanes) is 1. The van der Waals surface area contributed by atoms with Crippen LogP contribution >= 0.6 is 0 Å². The zero-order valence-corrected chi connectivity index (χ0v) is 11.1. The molecular formula is C14H22N2O2. The average molecular weight is 250 g/mol. The Balaban J connectivity index is 2.46. The predicted octanol–water partition coefficient (Wildman–Crippen LogP) is 1.94. The maximum Gasteiger partial charge on any atom is 0.233 e. The van der Waals surface area contributed by atoms with E-state index in [9.17, 15) is 9.59 Å². The molecule has 0 saturated carbocycles. The second-order valence-electron chi connectivity index (χ2n) is 4.42. The van der Waals surface area contributed by atoms with Crippen LogP contribution in [0.3, 0.4) is 0 Å². The maximum atomic E-state index is 11.7. The SMILES string of the molecule is C=CCCCN1CN(CC/C=C/C)C(=O)CC1=O. The van der Waals surface area contributed by atoms with Crippen molar-refractivity contribution in [3.8, 4) is 0 Å². The van der Waals surface area contributed by atoms with E-state index in [2.05, 4.69) is 6.58 Å². The lowest BCUT2D eigenvalue weighted by Gasteiger charge is -2.35. The molecule has 0 aromatic carbocycles. The highest BCUT2D eigenvalue weighted by molar-refractivity contribution is 5.98. The van der Waals surface area contributed by atoms with E-state index in [0.29, 0.717) is 19.8 Å². The number of amides is 2. The average Bonchev–Trinajstić information content (AvgIpc) is 2.34. The lowest BCUT2D eigenvalue weighted by Crippen LogP contribution is -2.51. The third-order valence-corrected chi connectivity index (χ3v) is 2.99. The number of allylic oxidation sites excluding steroid dienone is 2. The molecule has 2 amide bonds. The van der Waals surface area contributed by atoms with Crippen LogP contribution < -0.4 is 0 Å². The van der Waals surface area contributed by atoms with Gasteiger partial charge in [0.2, 0.25) is 11.8 Å². The van der Waals surface area contributed by atoms with Crippen LogP contribution in [0.1, 0.15) is 32.6 Å². The summed E-state index contributed by atoms with van der Waals surface area (Å²) in [5, 5.41) is 0. The number of carbonyl (C=O) groups excluding carboxylic acids is 2. The van der Waals surface area contributed by atoms with Crippen LogP contribution in [0.25, 0.3) is 0 Å². The normalized spacial score (nSPS) is 16.7. The Morgan fingerprint density at radius 1 is 1.17 bits per heavy atom. The second-order valence-corrected chi connectivity index (χ2v) is 4.42. The van der Waals surface area contributed by atoms with Gasteiger partial charge in [-0.25, -0.2) is 0 Å². The molecule has 1 saturated heterocycles. The number of hydrogen-bond donors (Lipinski definition) is 0. The molecule has 0 bridgehead atoms. The van der Waals surface area contributed by atoms with Gasteiger partial charge in [-0.2, -0.15) is 0 Å². The predicted molar refractivity (Wildman–Crippen MR) is 71.8 cm³/mol. The third kappa shape index (κ3) is 4.35. The highest BCUT2D eigenvalue weighted by Gasteiger charge is 2.28. The van der Waals surface area contributed by atoms with Crippen molar-refractivity contribution >= 4 is 11.8 Å². The standard InChI is InChI=1S/C14H22N2O2/c1-3-5-7-9-15-12-16(10-8-6-4-2)14(18)11-13(15)17/h3-4,6H,1,5,7-12H2,2H3/b6-4+. The van der Waals surface area contributed by atoms with E-state index in [4.69, 9.17) is 0 Å². The van der Waals surface area contributed by atoms with Crippen molar-refractivity contribution in [1.29, 1.82) is 0 Å². The Morgan fingerprint density at radius 2 is 1.83 bits per heavy atom. The summed E-state index contributed by atoms with van der Waals surface area (Å²) in [6, 6.07) is 0. The van der Waals surface area contributed by atoms with Crippen molar-refractivity contribution in [3.63, 3.8) is 0 Å². The van der Waals surface area contributed by atoms with E-state index in [-0.39, 0.29) is 18.2 Å². The minimum atomic E-state index is -0.0514. The Bertz CT molecular complexity index is 337. The largest absolute Gasteiger partial charge is 0.324 e. The number of carbonyl (C=O) groups is 2. The molecule has 0 aromatic heterocycles. The van der Waals surface area contributed by atoms with Crippen LogP contribution in [0.2, 0.25) is 0 Å². The maximum absolute atomic E-state index is 11.7. The summed E-state index contributed by atoms with van der Waals surface area (Å²) in [7, 11) is 0. The zero-order valence-electron chi connectivity index (χ0n) is 11.1. The molecule has 18 heavy (non-hydrogen) atoms. The quantitative estimate of drug-likeness (QED) is 0.393. The Morgan fingerprint density at radius 3 is 2.44 bits per heavy atom. The van der Waals surface area contributed by atoms with Crippen LogP contribution in [0.15, 0.2) is 24.8 Å². The smallest absolute Gasteiger partial charge is 0.233 e. The molecule has 1 rings (SSSR count). The van der Waals surface area contributed by atoms with E-state index in [1.807, 2.05) is 25.2 Å². The lowest BCUT2D eigenvalue weighted by molar-refractivity contribution is -0.151. The molecule has 0 aliphatic carbocycles. The first kappa shape index (κ1) is 14.5. The van der Waals surface area contributed by atoms with Crippen LogP contribution in [-0.4, -0.2) is 41.4 Å². The summed E-state index contributed by atoms with van der Waals surface area (Å²) in [5.74, 6) is -0.101. The third-order valence-electron chi connectivity index (χ3n) is 2.99. The second kappa shape index (κ2) is 7.69. The fourth-order valence-electron chi connectivity index (χ4n) is 1.93. The summed E-state index contributed by atoms with van der Waals surface area (Å²) < 4.78 is 0. The van der Waals surface area contributed by atoms with Gasteiger partial charge in [0.05, 0.1) is 6.67 Å². The van der Waals surface area contributed by atoms with Crippen molar-refractivity contribution < 1.29 is 9.59 Å². The number of rotatable bonds is 7. The van der Waals surface area contributed by atoms with E-state index in [1.54, 1.807) is 9.80 Å².